The van der Waals surface area contributed by atoms with Crippen molar-refractivity contribution in [1.29, 1.82) is 0 Å². The molecule has 5 nitrogen and oxygen atoms in total. The van der Waals surface area contributed by atoms with Crippen molar-refractivity contribution in [1.82, 2.24) is 0 Å². The number of carbonyl (C=O) groups excluding carboxylic acids is 2. The summed E-state index contributed by atoms with van der Waals surface area (Å²) in [6.07, 6.45) is 0.150. The van der Waals surface area contributed by atoms with E-state index in [1.54, 1.807) is 43.5 Å². The number of rotatable bonds is 7. The quantitative estimate of drug-likeness (QED) is 0.731. The van der Waals surface area contributed by atoms with Gasteiger partial charge in [0.15, 0.2) is 17.3 Å². The number of benzene rings is 2. The minimum Gasteiger partial charge on any atom is -0.497 e. The molecule has 0 bridgehead atoms. The normalized spacial score (nSPS) is 10.2. The Labute approximate surface area is 141 Å². The van der Waals surface area contributed by atoms with Gasteiger partial charge in [0, 0.05) is 17.5 Å². The van der Waals surface area contributed by atoms with E-state index in [-0.39, 0.29) is 18.0 Å². The summed E-state index contributed by atoms with van der Waals surface area (Å²) in [5.41, 5.74) is 1.54. The van der Waals surface area contributed by atoms with Gasteiger partial charge >= 0.3 is 0 Å². The van der Waals surface area contributed by atoms with Crippen molar-refractivity contribution in [3.05, 3.63) is 53.1 Å². The van der Waals surface area contributed by atoms with Crippen LogP contribution in [0.5, 0.6) is 17.2 Å². The van der Waals surface area contributed by atoms with Crippen LogP contribution in [-0.4, -0.2) is 32.9 Å². The van der Waals surface area contributed by atoms with Crippen LogP contribution in [0.1, 0.15) is 28.4 Å². The minimum absolute atomic E-state index is 0.0361. The van der Waals surface area contributed by atoms with Gasteiger partial charge in [0.25, 0.3) is 0 Å². The van der Waals surface area contributed by atoms with E-state index in [1.807, 2.05) is 0 Å². The average Bonchev–Trinajstić information content (AvgIpc) is 2.60. The second kappa shape index (κ2) is 7.64. The monoisotopic (exact) mass is 328 g/mol. The van der Waals surface area contributed by atoms with E-state index in [0.29, 0.717) is 33.9 Å². The molecule has 0 amide bonds. The summed E-state index contributed by atoms with van der Waals surface area (Å²) in [5, 5.41) is 0. The smallest absolute Gasteiger partial charge is 0.193 e. The van der Waals surface area contributed by atoms with Gasteiger partial charge in [0.05, 0.1) is 21.3 Å². The predicted molar refractivity (Wildman–Crippen MR) is 90.4 cm³/mol. The first-order valence-electron chi connectivity index (χ1n) is 7.43. The first-order chi connectivity index (χ1) is 11.5. The van der Waals surface area contributed by atoms with E-state index < -0.39 is 0 Å². The number of ether oxygens (including phenoxy) is 3. The van der Waals surface area contributed by atoms with Crippen LogP contribution >= 0.6 is 0 Å². The summed E-state index contributed by atoms with van der Waals surface area (Å²) in [5.74, 6) is 1.38. The first kappa shape index (κ1) is 17.5. The highest BCUT2D eigenvalue weighted by Crippen LogP contribution is 2.32. The van der Waals surface area contributed by atoms with E-state index in [9.17, 15) is 9.59 Å². The molecule has 0 aromatic heterocycles. The SMILES string of the molecule is COc1ccc(C(=O)c2cc(OC)c(OC)cc2CC(C)=O)cc1. The third-order valence-corrected chi connectivity index (χ3v) is 3.65. The number of methoxy groups -OCH3 is 3. The van der Waals surface area contributed by atoms with Gasteiger partial charge in [-0.2, -0.15) is 0 Å². The van der Waals surface area contributed by atoms with Crippen LogP contribution in [0.2, 0.25) is 0 Å². The van der Waals surface area contributed by atoms with Crippen LogP contribution < -0.4 is 14.2 Å². The lowest BCUT2D eigenvalue weighted by molar-refractivity contribution is -0.116. The summed E-state index contributed by atoms with van der Waals surface area (Å²) >= 11 is 0. The Morgan fingerprint density at radius 3 is 1.96 bits per heavy atom. The Morgan fingerprint density at radius 1 is 0.875 bits per heavy atom. The van der Waals surface area contributed by atoms with Crippen molar-refractivity contribution >= 4 is 11.6 Å². The lowest BCUT2D eigenvalue weighted by Gasteiger charge is -2.14. The van der Waals surface area contributed by atoms with Gasteiger partial charge in [-0.1, -0.05) is 0 Å². The molecule has 2 aromatic carbocycles. The summed E-state index contributed by atoms with van der Waals surface area (Å²) in [7, 11) is 4.58. The molecule has 0 spiro atoms. The summed E-state index contributed by atoms with van der Waals surface area (Å²) < 4.78 is 15.6. The van der Waals surface area contributed by atoms with Crippen LogP contribution in [0.25, 0.3) is 0 Å². The average molecular weight is 328 g/mol. The van der Waals surface area contributed by atoms with E-state index in [1.165, 1.54) is 21.1 Å². The van der Waals surface area contributed by atoms with E-state index in [4.69, 9.17) is 14.2 Å². The molecule has 0 fully saturated rings. The van der Waals surface area contributed by atoms with Gasteiger partial charge in [0.1, 0.15) is 11.5 Å². The van der Waals surface area contributed by atoms with E-state index >= 15 is 0 Å². The second-order valence-electron chi connectivity index (χ2n) is 5.30. The van der Waals surface area contributed by atoms with Crippen LogP contribution in [-0.2, 0) is 11.2 Å². The highest BCUT2D eigenvalue weighted by Gasteiger charge is 2.19. The van der Waals surface area contributed by atoms with Gasteiger partial charge in [-0.15, -0.1) is 0 Å². The lowest BCUT2D eigenvalue weighted by Crippen LogP contribution is -2.09. The van der Waals surface area contributed by atoms with Crippen molar-refractivity contribution in [3.63, 3.8) is 0 Å². The molecule has 0 aliphatic rings. The maximum absolute atomic E-state index is 12.9. The minimum atomic E-state index is -0.185. The van der Waals surface area contributed by atoms with Gasteiger partial charge < -0.3 is 14.2 Å². The van der Waals surface area contributed by atoms with Gasteiger partial charge in [-0.05, 0) is 48.9 Å². The molecule has 0 aliphatic carbocycles. The van der Waals surface area contributed by atoms with Crippen molar-refractivity contribution in [3.8, 4) is 17.2 Å². The standard InChI is InChI=1S/C19H20O5/c1-12(20)9-14-10-17(23-3)18(24-4)11-16(14)19(21)13-5-7-15(22-2)8-6-13/h5-8,10-11H,9H2,1-4H3. The maximum Gasteiger partial charge on any atom is 0.193 e. The molecule has 0 heterocycles. The summed E-state index contributed by atoms with van der Waals surface area (Å²) in [4.78, 5) is 24.4. The molecular formula is C19H20O5. The number of hydrogen-bond acceptors (Lipinski definition) is 5. The van der Waals surface area contributed by atoms with Crippen molar-refractivity contribution < 1.29 is 23.8 Å². The Balaban J connectivity index is 2.52. The number of hydrogen-bond donors (Lipinski definition) is 0. The molecule has 0 N–H and O–H groups in total. The van der Waals surface area contributed by atoms with Gasteiger partial charge in [-0.3, -0.25) is 9.59 Å². The van der Waals surface area contributed by atoms with Crippen molar-refractivity contribution in [2.45, 2.75) is 13.3 Å². The van der Waals surface area contributed by atoms with Crippen LogP contribution in [0.4, 0.5) is 0 Å². The van der Waals surface area contributed by atoms with Crippen LogP contribution in [0.3, 0.4) is 0 Å². The molecule has 0 unspecified atom stereocenters. The zero-order chi connectivity index (χ0) is 17.7. The van der Waals surface area contributed by atoms with Crippen molar-refractivity contribution in [2.75, 3.05) is 21.3 Å². The Hall–Kier alpha value is -2.82. The second-order valence-corrected chi connectivity index (χ2v) is 5.30. The third kappa shape index (κ3) is 3.74. The molecule has 126 valence electrons. The number of Topliss-reactive ketones (excluding diaryl/α,β-unsaturated/α-hetero) is 1. The van der Waals surface area contributed by atoms with Gasteiger partial charge in [0.2, 0.25) is 0 Å². The van der Waals surface area contributed by atoms with Crippen molar-refractivity contribution in [2.24, 2.45) is 0 Å². The molecule has 2 rings (SSSR count). The molecule has 0 atom stereocenters. The number of carbonyl (C=O) groups is 2. The van der Waals surface area contributed by atoms with E-state index in [2.05, 4.69) is 0 Å². The Kier molecular flexibility index (Phi) is 5.58. The first-order valence-corrected chi connectivity index (χ1v) is 7.43. The molecule has 5 heteroatoms. The molecule has 0 saturated heterocycles. The fourth-order valence-corrected chi connectivity index (χ4v) is 2.44. The Morgan fingerprint density at radius 2 is 1.46 bits per heavy atom. The largest absolute Gasteiger partial charge is 0.497 e. The molecular weight excluding hydrogens is 308 g/mol. The fourth-order valence-electron chi connectivity index (χ4n) is 2.44. The van der Waals surface area contributed by atoms with Crippen LogP contribution in [0, 0.1) is 0 Å². The highest BCUT2D eigenvalue weighted by atomic mass is 16.5. The summed E-state index contributed by atoms with van der Waals surface area (Å²) in [6.45, 7) is 1.48. The Bertz CT molecular complexity index is 747. The molecule has 0 radical (unpaired) electrons. The third-order valence-electron chi connectivity index (χ3n) is 3.65. The lowest BCUT2D eigenvalue weighted by atomic mass is 9.95. The summed E-state index contributed by atoms with van der Waals surface area (Å²) in [6, 6.07) is 10.1. The van der Waals surface area contributed by atoms with Crippen LogP contribution in [0.15, 0.2) is 36.4 Å². The number of ketones is 2. The van der Waals surface area contributed by atoms with Gasteiger partial charge in [-0.25, -0.2) is 0 Å². The zero-order valence-corrected chi connectivity index (χ0v) is 14.2. The highest BCUT2D eigenvalue weighted by molar-refractivity contribution is 6.10. The predicted octanol–water partition coefficient (Wildman–Crippen LogP) is 3.07. The molecule has 24 heavy (non-hydrogen) atoms. The van der Waals surface area contributed by atoms with E-state index in [0.717, 1.165) is 0 Å². The molecule has 0 saturated carbocycles. The maximum atomic E-state index is 12.9. The fraction of sp³-hybridized carbons (Fsp3) is 0.263. The topological polar surface area (TPSA) is 61.8 Å². The molecule has 2 aromatic rings. The molecule has 0 aliphatic heterocycles. The zero-order valence-electron chi connectivity index (χ0n) is 14.2.